The van der Waals surface area contributed by atoms with Gasteiger partial charge in [0.25, 0.3) is 5.91 Å². The standard InChI is InChI=1S/C18H23FN6O/c1-25-7-6-13(24-25)16-14-11(9-22-18(14)26)15(19)17(23-16)21-8-10-4-2-3-5-12(10)20/h6-7,10,12H,2-5,8-9,20H2,1H3,(H,21,23)(H,22,26)/t10?,12-/m0/s1. The predicted molar refractivity (Wildman–Crippen MR) is 96.0 cm³/mol. The van der Waals surface area contributed by atoms with E-state index in [0.717, 1.165) is 25.7 Å². The Hall–Kier alpha value is -2.48. The lowest BCUT2D eigenvalue weighted by molar-refractivity contribution is 0.0966. The lowest BCUT2D eigenvalue weighted by atomic mass is 9.85. The molecule has 7 nitrogen and oxygen atoms in total. The Morgan fingerprint density at radius 2 is 2.23 bits per heavy atom. The maximum absolute atomic E-state index is 14.9. The molecule has 0 bridgehead atoms. The second-order valence-corrected chi connectivity index (χ2v) is 7.12. The predicted octanol–water partition coefficient (Wildman–Crippen LogP) is 1.79. The van der Waals surface area contributed by atoms with Gasteiger partial charge in [-0.2, -0.15) is 5.10 Å². The molecule has 8 heteroatoms. The number of rotatable bonds is 4. The fourth-order valence-corrected chi connectivity index (χ4v) is 3.84. The van der Waals surface area contributed by atoms with E-state index in [-0.39, 0.29) is 29.9 Å². The number of amides is 1. The lowest BCUT2D eigenvalue weighted by Gasteiger charge is -2.29. The molecule has 4 rings (SSSR count). The number of hydrogen-bond donors (Lipinski definition) is 3. The first-order valence-corrected chi connectivity index (χ1v) is 9.04. The third-order valence-electron chi connectivity index (χ3n) is 5.34. The average Bonchev–Trinajstić information content (AvgIpc) is 3.22. The number of aromatic nitrogens is 3. The van der Waals surface area contributed by atoms with Crippen LogP contribution >= 0.6 is 0 Å². The number of anilines is 1. The molecule has 1 saturated carbocycles. The molecule has 1 aliphatic heterocycles. The van der Waals surface area contributed by atoms with E-state index >= 15 is 0 Å². The van der Waals surface area contributed by atoms with Gasteiger partial charge < -0.3 is 16.4 Å². The largest absolute Gasteiger partial charge is 0.367 e. The zero-order valence-corrected chi connectivity index (χ0v) is 14.8. The van der Waals surface area contributed by atoms with Gasteiger partial charge in [-0.15, -0.1) is 0 Å². The molecule has 1 amide bonds. The van der Waals surface area contributed by atoms with E-state index in [2.05, 4.69) is 20.7 Å². The Morgan fingerprint density at radius 1 is 1.42 bits per heavy atom. The third kappa shape index (κ3) is 2.94. The van der Waals surface area contributed by atoms with Gasteiger partial charge in [0.15, 0.2) is 11.6 Å². The Labute approximate surface area is 151 Å². The maximum Gasteiger partial charge on any atom is 0.254 e. The first-order chi connectivity index (χ1) is 12.5. The molecule has 2 aliphatic rings. The van der Waals surface area contributed by atoms with Crippen molar-refractivity contribution in [2.24, 2.45) is 18.7 Å². The minimum atomic E-state index is -0.470. The van der Waals surface area contributed by atoms with Crippen molar-refractivity contribution < 1.29 is 9.18 Å². The van der Waals surface area contributed by atoms with E-state index in [0.29, 0.717) is 29.4 Å². The minimum absolute atomic E-state index is 0.132. The van der Waals surface area contributed by atoms with Crippen LogP contribution in [-0.4, -0.2) is 33.3 Å². The molecule has 0 radical (unpaired) electrons. The van der Waals surface area contributed by atoms with Gasteiger partial charge in [0, 0.05) is 37.9 Å². The number of pyridine rings is 1. The number of nitrogens with zero attached hydrogens (tertiary/aromatic N) is 3. The molecule has 4 N–H and O–H groups in total. The molecule has 3 heterocycles. The van der Waals surface area contributed by atoms with Gasteiger partial charge in [0.1, 0.15) is 11.4 Å². The Morgan fingerprint density at radius 3 is 2.96 bits per heavy atom. The number of halogens is 1. The van der Waals surface area contributed by atoms with E-state index in [1.807, 2.05) is 0 Å². The zero-order valence-electron chi connectivity index (χ0n) is 14.8. The number of fused-ring (bicyclic) bond motifs is 1. The molecule has 26 heavy (non-hydrogen) atoms. The summed E-state index contributed by atoms with van der Waals surface area (Å²) in [5.74, 6) is -0.315. The molecule has 2 aromatic rings. The third-order valence-corrected chi connectivity index (χ3v) is 5.34. The van der Waals surface area contributed by atoms with Crippen molar-refractivity contribution in [3.8, 4) is 11.4 Å². The molecule has 0 spiro atoms. The molecule has 1 unspecified atom stereocenters. The first-order valence-electron chi connectivity index (χ1n) is 9.04. The summed E-state index contributed by atoms with van der Waals surface area (Å²) in [5, 5.41) is 10.1. The van der Waals surface area contributed by atoms with Gasteiger partial charge in [0.2, 0.25) is 0 Å². The van der Waals surface area contributed by atoms with Crippen LogP contribution in [0.5, 0.6) is 0 Å². The van der Waals surface area contributed by atoms with Crippen LogP contribution in [0.4, 0.5) is 10.2 Å². The van der Waals surface area contributed by atoms with Gasteiger partial charge in [-0.25, -0.2) is 9.37 Å². The zero-order chi connectivity index (χ0) is 18.3. The highest BCUT2D eigenvalue weighted by molar-refractivity contribution is 6.03. The molecule has 0 aromatic carbocycles. The Balaban J connectivity index is 1.68. The monoisotopic (exact) mass is 358 g/mol. The van der Waals surface area contributed by atoms with Gasteiger partial charge in [-0.1, -0.05) is 12.8 Å². The number of carbonyl (C=O) groups is 1. The van der Waals surface area contributed by atoms with Gasteiger partial charge in [-0.3, -0.25) is 9.48 Å². The summed E-state index contributed by atoms with van der Waals surface area (Å²) in [6, 6.07) is 1.90. The summed E-state index contributed by atoms with van der Waals surface area (Å²) in [4.78, 5) is 16.6. The second kappa shape index (κ2) is 6.68. The first kappa shape index (κ1) is 17.0. The molecule has 2 atom stereocenters. The highest BCUT2D eigenvalue weighted by Gasteiger charge is 2.31. The summed E-state index contributed by atoms with van der Waals surface area (Å²) in [6.07, 6.45) is 6.12. The number of carbonyl (C=O) groups excluding carboxylic acids is 1. The van der Waals surface area contributed by atoms with Crippen LogP contribution < -0.4 is 16.4 Å². The van der Waals surface area contributed by atoms with Crippen molar-refractivity contribution in [1.82, 2.24) is 20.1 Å². The second-order valence-electron chi connectivity index (χ2n) is 7.12. The maximum atomic E-state index is 14.9. The number of hydrogen-bond acceptors (Lipinski definition) is 5. The molecular formula is C18H23FN6O. The Bertz CT molecular complexity index is 848. The van der Waals surface area contributed by atoms with Crippen LogP contribution in [0.2, 0.25) is 0 Å². The van der Waals surface area contributed by atoms with Crippen molar-refractivity contribution in [1.29, 1.82) is 0 Å². The quantitative estimate of drug-likeness (QED) is 0.774. The van der Waals surface area contributed by atoms with E-state index in [1.165, 1.54) is 0 Å². The van der Waals surface area contributed by atoms with Gasteiger partial charge in [0.05, 0.1) is 5.56 Å². The van der Waals surface area contributed by atoms with Crippen molar-refractivity contribution in [2.45, 2.75) is 38.3 Å². The Kier molecular flexibility index (Phi) is 4.36. The fourth-order valence-electron chi connectivity index (χ4n) is 3.84. The summed E-state index contributed by atoms with van der Waals surface area (Å²) in [5.41, 5.74) is 7.78. The van der Waals surface area contributed by atoms with Gasteiger partial charge in [-0.05, 0) is 24.8 Å². The van der Waals surface area contributed by atoms with E-state index in [4.69, 9.17) is 5.73 Å². The van der Waals surface area contributed by atoms with Crippen LogP contribution in [0.3, 0.4) is 0 Å². The summed E-state index contributed by atoms with van der Waals surface area (Å²) >= 11 is 0. The smallest absolute Gasteiger partial charge is 0.254 e. The number of aryl methyl sites for hydroxylation is 1. The minimum Gasteiger partial charge on any atom is -0.367 e. The average molecular weight is 358 g/mol. The SMILES string of the molecule is Cn1ccc(-c2nc(NCC3CCCC[C@@H]3N)c(F)c3c2C(=O)NC3)n1. The van der Waals surface area contributed by atoms with Crippen LogP contribution in [0.15, 0.2) is 12.3 Å². The topological polar surface area (TPSA) is 97.9 Å². The van der Waals surface area contributed by atoms with E-state index in [9.17, 15) is 9.18 Å². The summed E-state index contributed by atoms with van der Waals surface area (Å²) in [7, 11) is 1.79. The van der Waals surface area contributed by atoms with Crippen LogP contribution in [0.25, 0.3) is 11.4 Å². The highest BCUT2D eigenvalue weighted by Crippen LogP contribution is 2.32. The number of nitrogens with one attached hydrogen (secondary N) is 2. The summed E-state index contributed by atoms with van der Waals surface area (Å²) < 4.78 is 16.6. The van der Waals surface area contributed by atoms with Crippen molar-refractivity contribution in [3.63, 3.8) is 0 Å². The van der Waals surface area contributed by atoms with Gasteiger partial charge >= 0.3 is 0 Å². The number of nitrogens with two attached hydrogens (primary N) is 1. The fraction of sp³-hybridized carbons (Fsp3) is 0.500. The van der Waals surface area contributed by atoms with Crippen molar-refractivity contribution >= 4 is 11.7 Å². The summed E-state index contributed by atoms with van der Waals surface area (Å²) in [6.45, 7) is 0.743. The molecule has 0 saturated heterocycles. The molecule has 138 valence electrons. The van der Waals surface area contributed by atoms with Crippen LogP contribution in [0, 0.1) is 11.7 Å². The highest BCUT2D eigenvalue weighted by atomic mass is 19.1. The molecule has 1 aliphatic carbocycles. The van der Waals surface area contributed by atoms with E-state index < -0.39 is 5.82 Å². The van der Waals surface area contributed by atoms with Crippen LogP contribution in [-0.2, 0) is 13.6 Å². The van der Waals surface area contributed by atoms with Crippen molar-refractivity contribution in [3.05, 3.63) is 29.2 Å². The van der Waals surface area contributed by atoms with Crippen molar-refractivity contribution in [2.75, 3.05) is 11.9 Å². The van der Waals surface area contributed by atoms with Crippen LogP contribution in [0.1, 0.15) is 41.6 Å². The molecular weight excluding hydrogens is 335 g/mol. The van der Waals surface area contributed by atoms with E-state index in [1.54, 1.807) is 24.0 Å². The molecule has 1 fully saturated rings. The lowest BCUT2D eigenvalue weighted by Crippen LogP contribution is -2.37. The molecule has 2 aromatic heterocycles. The normalized spacial score (nSPS) is 22.2.